The molecule has 0 spiro atoms. The molecular formula is C6H7F3N2O. The first-order valence-corrected chi connectivity index (χ1v) is 3.18. The monoisotopic (exact) mass is 180 g/mol. The molecule has 0 radical (unpaired) electrons. The van der Waals surface area contributed by atoms with Crippen molar-refractivity contribution in [3.05, 3.63) is 17.3 Å². The molecule has 68 valence electrons. The number of nitrogens with two attached hydrogens (primary N) is 1. The summed E-state index contributed by atoms with van der Waals surface area (Å²) in [6.07, 6.45) is -4.53. The Bertz CT molecular complexity index is 279. The minimum absolute atomic E-state index is 0.0716. The van der Waals surface area contributed by atoms with Gasteiger partial charge in [0.25, 0.3) is 0 Å². The Labute approximate surface area is 66.4 Å². The van der Waals surface area contributed by atoms with Gasteiger partial charge >= 0.3 is 12.1 Å². The number of halogens is 3. The number of oxazole rings is 1. The van der Waals surface area contributed by atoms with Gasteiger partial charge in [-0.15, -0.1) is 0 Å². The SMILES string of the molecule is Cc1nc(C(F)(F)F)oc1CN. The average Bonchev–Trinajstić information content (AvgIpc) is 2.29. The van der Waals surface area contributed by atoms with Crippen molar-refractivity contribution >= 4 is 0 Å². The summed E-state index contributed by atoms with van der Waals surface area (Å²) in [5.41, 5.74) is 5.29. The molecule has 6 heteroatoms. The van der Waals surface area contributed by atoms with E-state index in [-0.39, 0.29) is 18.0 Å². The number of aryl methyl sites for hydroxylation is 1. The molecule has 0 saturated carbocycles. The van der Waals surface area contributed by atoms with Crippen LogP contribution in [0.3, 0.4) is 0 Å². The first kappa shape index (κ1) is 9.05. The van der Waals surface area contributed by atoms with Crippen LogP contribution < -0.4 is 5.73 Å². The van der Waals surface area contributed by atoms with E-state index in [0.29, 0.717) is 0 Å². The molecule has 0 saturated heterocycles. The topological polar surface area (TPSA) is 52.0 Å². The molecule has 0 aliphatic rings. The van der Waals surface area contributed by atoms with Gasteiger partial charge in [-0.05, 0) is 6.92 Å². The zero-order valence-electron chi connectivity index (χ0n) is 6.27. The van der Waals surface area contributed by atoms with Crippen LogP contribution in [0.5, 0.6) is 0 Å². The third-order valence-electron chi connectivity index (χ3n) is 1.32. The molecule has 1 aromatic heterocycles. The Morgan fingerprint density at radius 2 is 2.08 bits per heavy atom. The predicted octanol–water partition coefficient (Wildman–Crippen LogP) is 1.46. The molecule has 0 amide bonds. The maximum atomic E-state index is 11.9. The van der Waals surface area contributed by atoms with Gasteiger partial charge < -0.3 is 10.2 Å². The van der Waals surface area contributed by atoms with E-state index in [1.807, 2.05) is 0 Å². The molecule has 0 aliphatic heterocycles. The lowest BCUT2D eigenvalue weighted by Gasteiger charge is -1.97. The molecule has 1 rings (SSSR count). The molecule has 2 N–H and O–H groups in total. The van der Waals surface area contributed by atoms with Gasteiger partial charge in [-0.25, -0.2) is 4.98 Å². The summed E-state index contributed by atoms with van der Waals surface area (Å²) in [6, 6.07) is 0. The quantitative estimate of drug-likeness (QED) is 0.711. The molecule has 0 fully saturated rings. The lowest BCUT2D eigenvalue weighted by molar-refractivity contribution is -0.157. The molecule has 12 heavy (non-hydrogen) atoms. The van der Waals surface area contributed by atoms with Crippen molar-refractivity contribution < 1.29 is 17.6 Å². The molecule has 0 atom stereocenters. The zero-order valence-corrected chi connectivity index (χ0v) is 6.27. The molecule has 3 nitrogen and oxygen atoms in total. The van der Waals surface area contributed by atoms with Crippen LogP contribution in [0.15, 0.2) is 4.42 Å². The zero-order chi connectivity index (χ0) is 9.35. The summed E-state index contributed by atoms with van der Waals surface area (Å²) in [5, 5.41) is 0. The van der Waals surface area contributed by atoms with Gasteiger partial charge in [-0.3, -0.25) is 0 Å². The first-order chi connectivity index (χ1) is 5.45. The van der Waals surface area contributed by atoms with Gasteiger partial charge in [-0.2, -0.15) is 13.2 Å². The summed E-state index contributed by atoms with van der Waals surface area (Å²) in [7, 11) is 0. The van der Waals surface area contributed by atoms with Crippen LogP contribution in [0, 0.1) is 6.92 Å². The second-order valence-electron chi connectivity index (χ2n) is 2.23. The summed E-state index contributed by atoms with van der Waals surface area (Å²) in [6.45, 7) is 1.34. The molecule has 0 unspecified atom stereocenters. The minimum atomic E-state index is -4.53. The second kappa shape index (κ2) is 2.78. The molecule has 1 aromatic rings. The Morgan fingerprint density at radius 1 is 1.50 bits per heavy atom. The van der Waals surface area contributed by atoms with Gasteiger partial charge in [0.2, 0.25) is 0 Å². The minimum Gasteiger partial charge on any atom is -0.436 e. The van der Waals surface area contributed by atoms with Gasteiger partial charge in [-0.1, -0.05) is 0 Å². The first-order valence-electron chi connectivity index (χ1n) is 3.18. The molecule has 0 bridgehead atoms. The fourth-order valence-electron chi connectivity index (χ4n) is 0.739. The normalized spacial score (nSPS) is 12.1. The Morgan fingerprint density at radius 3 is 2.33 bits per heavy atom. The fraction of sp³-hybridized carbons (Fsp3) is 0.500. The van der Waals surface area contributed by atoms with Crippen LogP contribution in [0.4, 0.5) is 13.2 Å². The van der Waals surface area contributed by atoms with Crippen molar-refractivity contribution in [2.75, 3.05) is 0 Å². The highest BCUT2D eigenvalue weighted by Gasteiger charge is 2.37. The number of alkyl halides is 3. The van der Waals surface area contributed by atoms with E-state index in [4.69, 9.17) is 5.73 Å². The molecular weight excluding hydrogens is 173 g/mol. The standard InChI is InChI=1S/C6H7F3N2O/c1-3-4(2-10)12-5(11-3)6(7,8)9/h2,10H2,1H3. The van der Waals surface area contributed by atoms with Gasteiger partial charge in [0.05, 0.1) is 12.2 Å². The summed E-state index contributed by atoms with van der Waals surface area (Å²) in [5.74, 6) is -1.16. The number of hydrogen-bond acceptors (Lipinski definition) is 3. The Kier molecular flexibility index (Phi) is 2.10. The smallest absolute Gasteiger partial charge is 0.436 e. The van der Waals surface area contributed by atoms with E-state index in [2.05, 4.69) is 9.40 Å². The largest absolute Gasteiger partial charge is 0.468 e. The van der Waals surface area contributed by atoms with Crippen molar-refractivity contribution in [3.63, 3.8) is 0 Å². The number of nitrogens with zero attached hydrogens (tertiary/aromatic N) is 1. The van der Waals surface area contributed by atoms with Crippen LogP contribution >= 0.6 is 0 Å². The molecule has 1 heterocycles. The second-order valence-corrected chi connectivity index (χ2v) is 2.23. The lowest BCUT2D eigenvalue weighted by atomic mass is 10.4. The summed E-state index contributed by atoms with van der Waals surface area (Å²) < 4.78 is 40.1. The highest BCUT2D eigenvalue weighted by atomic mass is 19.4. The van der Waals surface area contributed by atoms with E-state index < -0.39 is 12.1 Å². The van der Waals surface area contributed by atoms with Crippen LogP contribution in [-0.4, -0.2) is 4.98 Å². The highest BCUT2D eigenvalue weighted by Crippen LogP contribution is 2.29. The molecule has 0 aliphatic carbocycles. The van der Waals surface area contributed by atoms with E-state index in [0.717, 1.165) is 0 Å². The average molecular weight is 180 g/mol. The maximum absolute atomic E-state index is 11.9. The van der Waals surface area contributed by atoms with Crippen LogP contribution in [-0.2, 0) is 12.7 Å². The third-order valence-corrected chi connectivity index (χ3v) is 1.32. The Hall–Kier alpha value is -1.04. The van der Waals surface area contributed by atoms with Crippen LogP contribution in [0.25, 0.3) is 0 Å². The molecule has 0 aromatic carbocycles. The van der Waals surface area contributed by atoms with Gasteiger partial charge in [0, 0.05) is 0 Å². The number of rotatable bonds is 1. The van der Waals surface area contributed by atoms with Crippen LogP contribution in [0.2, 0.25) is 0 Å². The van der Waals surface area contributed by atoms with E-state index in [1.54, 1.807) is 0 Å². The maximum Gasteiger partial charge on any atom is 0.468 e. The van der Waals surface area contributed by atoms with Crippen molar-refractivity contribution in [3.8, 4) is 0 Å². The van der Waals surface area contributed by atoms with E-state index >= 15 is 0 Å². The van der Waals surface area contributed by atoms with Crippen molar-refractivity contribution in [2.24, 2.45) is 5.73 Å². The summed E-state index contributed by atoms with van der Waals surface area (Å²) >= 11 is 0. The van der Waals surface area contributed by atoms with Crippen molar-refractivity contribution in [2.45, 2.75) is 19.6 Å². The number of hydrogen-bond donors (Lipinski definition) is 1. The number of aromatic nitrogens is 1. The lowest BCUT2D eigenvalue weighted by Crippen LogP contribution is -2.04. The van der Waals surface area contributed by atoms with Crippen molar-refractivity contribution in [1.29, 1.82) is 0 Å². The highest BCUT2D eigenvalue weighted by molar-refractivity contribution is 5.08. The van der Waals surface area contributed by atoms with E-state index in [9.17, 15) is 13.2 Å². The van der Waals surface area contributed by atoms with E-state index in [1.165, 1.54) is 6.92 Å². The van der Waals surface area contributed by atoms with Gasteiger partial charge in [0.1, 0.15) is 5.76 Å². The van der Waals surface area contributed by atoms with Crippen LogP contribution in [0.1, 0.15) is 17.3 Å². The predicted molar refractivity (Wildman–Crippen MR) is 34.1 cm³/mol. The van der Waals surface area contributed by atoms with Crippen molar-refractivity contribution in [1.82, 2.24) is 4.98 Å². The fourth-order valence-corrected chi connectivity index (χ4v) is 0.739. The summed E-state index contributed by atoms with van der Waals surface area (Å²) in [4.78, 5) is 3.18. The third kappa shape index (κ3) is 1.58. The van der Waals surface area contributed by atoms with Gasteiger partial charge in [0.15, 0.2) is 0 Å². The Balaban J connectivity index is 3.05.